The molecule has 1 aliphatic heterocycles. The van der Waals surface area contributed by atoms with Crippen LogP contribution in [0.15, 0.2) is 36.5 Å². The van der Waals surface area contributed by atoms with Gasteiger partial charge in [-0.2, -0.15) is 5.10 Å². The third kappa shape index (κ3) is 7.38. The summed E-state index contributed by atoms with van der Waals surface area (Å²) in [5, 5.41) is 21.3. The Morgan fingerprint density at radius 3 is 2.36 bits per heavy atom. The number of amides is 2. The zero-order valence-corrected chi connectivity index (χ0v) is 20.4. The molecule has 2 heterocycles. The van der Waals surface area contributed by atoms with E-state index in [9.17, 15) is 9.59 Å². The number of rotatable bonds is 7. The number of benzene rings is 1. The van der Waals surface area contributed by atoms with Gasteiger partial charge in [-0.05, 0) is 42.9 Å². The van der Waals surface area contributed by atoms with Crippen LogP contribution in [-0.4, -0.2) is 69.6 Å². The number of hydrogen-bond donors (Lipinski definition) is 4. The number of likely N-dealkylation sites (tertiary alicyclic amines) is 1. The van der Waals surface area contributed by atoms with Gasteiger partial charge in [0.25, 0.3) is 0 Å². The third-order valence-electron chi connectivity index (χ3n) is 5.57. The summed E-state index contributed by atoms with van der Waals surface area (Å²) < 4.78 is 1.95. The smallest absolute Gasteiger partial charge is 0.243 e. The zero-order valence-electron chi connectivity index (χ0n) is 20.4. The van der Waals surface area contributed by atoms with Crippen LogP contribution in [0, 0.1) is 5.92 Å². The van der Waals surface area contributed by atoms with E-state index in [4.69, 9.17) is 15.9 Å². The molecule has 1 aromatic heterocycles. The molecule has 1 fully saturated rings. The van der Waals surface area contributed by atoms with Crippen molar-refractivity contribution in [2.24, 2.45) is 11.7 Å². The molecule has 33 heavy (non-hydrogen) atoms. The van der Waals surface area contributed by atoms with Crippen LogP contribution in [0.1, 0.15) is 39.2 Å². The summed E-state index contributed by atoms with van der Waals surface area (Å²) in [7, 11) is 2.00. The molecule has 9 nitrogen and oxygen atoms in total. The second kappa shape index (κ2) is 14.4. The minimum Gasteiger partial charge on any atom is -0.400 e. The molecule has 1 aromatic carbocycles. The van der Waals surface area contributed by atoms with Gasteiger partial charge in [0.2, 0.25) is 11.8 Å². The van der Waals surface area contributed by atoms with Crippen molar-refractivity contribution in [1.29, 1.82) is 0 Å². The fraction of sp³-hybridized carbons (Fsp3) is 0.542. The lowest BCUT2D eigenvalue weighted by atomic mass is 10.0. The van der Waals surface area contributed by atoms with Crippen LogP contribution in [0.2, 0.25) is 0 Å². The molecule has 5 N–H and O–H groups in total. The van der Waals surface area contributed by atoms with Gasteiger partial charge in [0.05, 0.1) is 11.7 Å². The van der Waals surface area contributed by atoms with Gasteiger partial charge in [-0.25, -0.2) is 0 Å². The van der Waals surface area contributed by atoms with Crippen molar-refractivity contribution in [3.05, 3.63) is 42.1 Å². The first kappa shape index (κ1) is 28.3. The van der Waals surface area contributed by atoms with Gasteiger partial charge in [0.1, 0.15) is 6.04 Å². The van der Waals surface area contributed by atoms with E-state index >= 15 is 0 Å². The quantitative estimate of drug-likeness (QED) is 0.492. The van der Waals surface area contributed by atoms with E-state index in [0.717, 1.165) is 44.0 Å². The van der Waals surface area contributed by atoms with Crippen molar-refractivity contribution in [1.82, 2.24) is 20.0 Å². The van der Waals surface area contributed by atoms with Gasteiger partial charge < -0.3 is 26.2 Å². The number of carbonyl (C=O) groups excluding carboxylic acids is 2. The zero-order chi connectivity index (χ0) is 25.0. The monoisotopic (exact) mass is 461 g/mol. The predicted octanol–water partition coefficient (Wildman–Crippen LogP) is 1.38. The van der Waals surface area contributed by atoms with Gasteiger partial charge in [-0.3, -0.25) is 14.3 Å². The van der Waals surface area contributed by atoms with Crippen LogP contribution >= 0.6 is 0 Å². The van der Waals surface area contributed by atoms with Crippen LogP contribution in [0.5, 0.6) is 0 Å². The number of aromatic nitrogens is 2. The molecule has 0 aliphatic carbocycles. The molecule has 0 bridgehead atoms. The Morgan fingerprint density at radius 2 is 1.79 bits per heavy atom. The fourth-order valence-electron chi connectivity index (χ4n) is 3.71. The Morgan fingerprint density at radius 1 is 1.15 bits per heavy atom. The molecule has 2 unspecified atom stereocenters. The molecular weight excluding hydrogens is 422 g/mol. The van der Waals surface area contributed by atoms with E-state index in [-0.39, 0.29) is 17.7 Å². The van der Waals surface area contributed by atoms with E-state index < -0.39 is 12.1 Å². The molecule has 0 spiro atoms. The second-order valence-corrected chi connectivity index (χ2v) is 7.91. The van der Waals surface area contributed by atoms with Crippen LogP contribution in [0.4, 0.5) is 0 Å². The molecular formula is C24H39N5O4. The van der Waals surface area contributed by atoms with E-state index in [1.807, 2.05) is 48.9 Å². The summed E-state index contributed by atoms with van der Waals surface area (Å²) >= 11 is 0. The lowest BCUT2D eigenvalue weighted by Gasteiger charge is -2.28. The number of nitrogens with two attached hydrogens (primary N) is 1. The van der Waals surface area contributed by atoms with Gasteiger partial charge in [-0.15, -0.1) is 0 Å². The Hall–Kier alpha value is -2.75. The molecule has 1 aliphatic rings. The number of aliphatic hydroxyl groups is 2. The van der Waals surface area contributed by atoms with Crippen molar-refractivity contribution in [2.45, 2.75) is 58.8 Å². The Balaban J connectivity index is 0.00000129. The van der Waals surface area contributed by atoms with Crippen LogP contribution in [-0.2, 0) is 22.7 Å². The summed E-state index contributed by atoms with van der Waals surface area (Å²) in [5.74, 6) is -0.191. The van der Waals surface area contributed by atoms with Crippen molar-refractivity contribution in [2.75, 3.05) is 20.8 Å². The SMILES string of the molecule is CCn1nccc1-c1ccc(CNC(=O)C2CCCN2C(=O)C(N)C(C)C)cc1.CO.CO. The molecule has 2 aromatic rings. The first-order valence-electron chi connectivity index (χ1n) is 11.3. The van der Waals surface area contributed by atoms with Crippen molar-refractivity contribution < 1.29 is 19.8 Å². The van der Waals surface area contributed by atoms with Crippen molar-refractivity contribution in [3.8, 4) is 11.3 Å². The maximum Gasteiger partial charge on any atom is 0.243 e. The van der Waals surface area contributed by atoms with E-state index in [1.165, 1.54) is 0 Å². The highest BCUT2D eigenvalue weighted by Gasteiger charge is 2.36. The molecule has 0 saturated carbocycles. The van der Waals surface area contributed by atoms with Gasteiger partial charge in [0, 0.05) is 40.1 Å². The Bertz CT molecular complexity index is 851. The first-order valence-corrected chi connectivity index (χ1v) is 11.3. The number of nitrogens with one attached hydrogen (secondary N) is 1. The average molecular weight is 462 g/mol. The van der Waals surface area contributed by atoms with Crippen molar-refractivity contribution >= 4 is 11.8 Å². The molecule has 184 valence electrons. The summed E-state index contributed by atoms with van der Waals surface area (Å²) in [4.78, 5) is 26.9. The van der Waals surface area contributed by atoms with E-state index in [2.05, 4.69) is 17.3 Å². The van der Waals surface area contributed by atoms with Gasteiger partial charge >= 0.3 is 0 Å². The topological polar surface area (TPSA) is 134 Å². The highest BCUT2D eigenvalue weighted by Crippen LogP contribution is 2.21. The molecule has 2 amide bonds. The number of aryl methyl sites for hydroxylation is 1. The molecule has 1 saturated heterocycles. The highest BCUT2D eigenvalue weighted by molar-refractivity contribution is 5.90. The maximum atomic E-state index is 12.7. The third-order valence-corrected chi connectivity index (χ3v) is 5.57. The standard InChI is InChI=1S/C22H31N5O2.2CH4O/c1-4-27-18(11-12-25-27)17-9-7-16(8-10-17)14-24-21(28)19-6-5-13-26(19)22(29)20(23)15(2)3;2*1-2/h7-12,15,19-20H,4-6,13-14,23H2,1-3H3,(H,24,28);2*2H,1H3. The summed E-state index contributed by atoms with van der Waals surface area (Å²) in [6, 6.07) is 9.10. The number of carbonyl (C=O) groups is 2. The summed E-state index contributed by atoms with van der Waals surface area (Å²) in [6.07, 6.45) is 3.31. The molecule has 2 atom stereocenters. The molecule has 9 heteroatoms. The maximum absolute atomic E-state index is 12.7. The van der Waals surface area contributed by atoms with Crippen LogP contribution < -0.4 is 11.1 Å². The van der Waals surface area contributed by atoms with E-state index in [1.54, 1.807) is 11.1 Å². The first-order chi connectivity index (χ1) is 15.9. The lowest BCUT2D eigenvalue weighted by molar-refractivity contribution is -0.140. The minimum absolute atomic E-state index is 0.0503. The average Bonchev–Trinajstić information content (AvgIpc) is 3.54. The summed E-state index contributed by atoms with van der Waals surface area (Å²) in [5.41, 5.74) is 9.19. The number of aliphatic hydroxyl groups excluding tert-OH is 2. The van der Waals surface area contributed by atoms with Crippen LogP contribution in [0.3, 0.4) is 0 Å². The number of hydrogen-bond acceptors (Lipinski definition) is 6. The Labute approximate surface area is 196 Å². The lowest BCUT2D eigenvalue weighted by Crippen LogP contribution is -2.52. The predicted molar refractivity (Wildman–Crippen MR) is 129 cm³/mol. The fourth-order valence-corrected chi connectivity index (χ4v) is 3.71. The summed E-state index contributed by atoms with van der Waals surface area (Å²) in [6.45, 7) is 7.75. The highest BCUT2D eigenvalue weighted by atomic mass is 16.2. The normalized spacial score (nSPS) is 15.8. The van der Waals surface area contributed by atoms with E-state index in [0.29, 0.717) is 19.5 Å². The largest absolute Gasteiger partial charge is 0.400 e. The molecule has 0 radical (unpaired) electrons. The number of nitrogens with zero attached hydrogens (tertiary/aromatic N) is 3. The minimum atomic E-state index is -0.562. The van der Waals surface area contributed by atoms with Gasteiger partial charge in [0.15, 0.2) is 0 Å². The van der Waals surface area contributed by atoms with Crippen LogP contribution in [0.25, 0.3) is 11.3 Å². The molecule has 3 rings (SSSR count). The second-order valence-electron chi connectivity index (χ2n) is 7.91. The van der Waals surface area contributed by atoms with Crippen molar-refractivity contribution in [3.63, 3.8) is 0 Å². The van der Waals surface area contributed by atoms with Gasteiger partial charge in [-0.1, -0.05) is 38.1 Å². The Kier molecular flexibility index (Phi) is 12.3.